The third-order valence-electron chi connectivity index (χ3n) is 3.09. The molecule has 1 saturated carbocycles. The van der Waals surface area contributed by atoms with Gasteiger partial charge in [0.05, 0.1) is 19.3 Å². The van der Waals surface area contributed by atoms with Crippen molar-refractivity contribution in [3.63, 3.8) is 0 Å². The van der Waals surface area contributed by atoms with E-state index in [1.165, 1.54) is 0 Å². The summed E-state index contributed by atoms with van der Waals surface area (Å²) in [6, 6.07) is 0.0913. The lowest BCUT2D eigenvalue weighted by Crippen LogP contribution is -2.47. The number of likely N-dealkylation sites (N-methyl/N-ethyl adjacent to an activating group) is 1. The van der Waals surface area contributed by atoms with E-state index < -0.39 is 0 Å². The maximum absolute atomic E-state index is 11.4. The number of rotatable bonds is 5. The minimum absolute atomic E-state index is 0.0402. The summed E-state index contributed by atoms with van der Waals surface area (Å²) in [4.78, 5) is 13.3. The molecule has 2 unspecified atom stereocenters. The first-order valence-electron chi connectivity index (χ1n) is 5.91. The van der Waals surface area contributed by atoms with Crippen molar-refractivity contribution < 1.29 is 15.0 Å². The molecule has 1 aliphatic rings. The molecular weight excluding hydrogens is 208 g/mol. The Hall–Kier alpha value is -0.650. The molecule has 94 valence electrons. The number of aliphatic hydroxyl groups is 2. The third kappa shape index (κ3) is 4.08. The predicted octanol–water partition coefficient (Wildman–Crippen LogP) is -0.670. The van der Waals surface area contributed by atoms with E-state index >= 15 is 0 Å². The quantitative estimate of drug-likeness (QED) is 0.586. The van der Waals surface area contributed by atoms with Crippen molar-refractivity contribution in [3.8, 4) is 0 Å². The van der Waals surface area contributed by atoms with E-state index in [1.54, 1.807) is 0 Å². The van der Waals surface area contributed by atoms with Gasteiger partial charge in [-0.05, 0) is 19.9 Å². The van der Waals surface area contributed by atoms with Crippen LogP contribution in [0, 0.1) is 0 Å². The minimum Gasteiger partial charge on any atom is -0.395 e. The number of amides is 1. The lowest BCUT2D eigenvalue weighted by atomic mass is 9.91. The van der Waals surface area contributed by atoms with Crippen LogP contribution in [0.25, 0.3) is 0 Å². The summed E-state index contributed by atoms with van der Waals surface area (Å²) in [5, 5.41) is 21.0. The number of hydrogen-bond acceptors (Lipinski definition) is 4. The number of hydrogen-bond donors (Lipinski definition) is 3. The van der Waals surface area contributed by atoms with Crippen molar-refractivity contribution in [2.75, 3.05) is 26.7 Å². The Bertz CT molecular complexity index is 223. The van der Waals surface area contributed by atoms with Gasteiger partial charge < -0.3 is 15.5 Å². The van der Waals surface area contributed by atoms with Crippen LogP contribution in [0.5, 0.6) is 0 Å². The molecule has 0 aromatic rings. The number of carbonyl (C=O) groups excluding carboxylic acids is 1. The van der Waals surface area contributed by atoms with E-state index in [1.807, 2.05) is 11.9 Å². The zero-order chi connectivity index (χ0) is 12.0. The van der Waals surface area contributed by atoms with Crippen LogP contribution >= 0.6 is 0 Å². The maximum Gasteiger partial charge on any atom is 0.234 e. The molecule has 2 atom stereocenters. The van der Waals surface area contributed by atoms with Crippen LogP contribution < -0.4 is 5.32 Å². The van der Waals surface area contributed by atoms with Crippen LogP contribution in [0.1, 0.15) is 25.7 Å². The average molecular weight is 230 g/mol. The Morgan fingerprint density at radius 3 is 2.75 bits per heavy atom. The topological polar surface area (TPSA) is 72.8 Å². The van der Waals surface area contributed by atoms with E-state index in [-0.39, 0.29) is 31.2 Å². The molecule has 1 aliphatic carbocycles. The predicted molar refractivity (Wildman–Crippen MR) is 61.0 cm³/mol. The van der Waals surface area contributed by atoms with Gasteiger partial charge in [0.2, 0.25) is 5.91 Å². The molecule has 0 radical (unpaired) electrons. The molecule has 5 heteroatoms. The minimum atomic E-state index is -0.315. The SMILES string of the molecule is CN(CC(=O)NCCO)C1CCCCC1O. The Kier molecular flexibility index (Phi) is 5.73. The van der Waals surface area contributed by atoms with E-state index in [0.29, 0.717) is 6.54 Å². The number of nitrogens with zero attached hydrogens (tertiary/aromatic N) is 1. The molecule has 0 heterocycles. The molecule has 3 N–H and O–H groups in total. The highest BCUT2D eigenvalue weighted by Crippen LogP contribution is 2.21. The highest BCUT2D eigenvalue weighted by molar-refractivity contribution is 5.77. The summed E-state index contributed by atoms with van der Waals surface area (Å²) in [7, 11) is 1.86. The van der Waals surface area contributed by atoms with Crippen LogP contribution in [-0.4, -0.2) is 59.9 Å². The van der Waals surface area contributed by atoms with E-state index in [0.717, 1.165) is 25.7 Å². The fourth-order valence-electron chi connectivity index (χ4n) is 2.20. The summed E-state index contributed by atoms with van der Waals surface area (Å²) in [6.07, 6.45) is 3.65. The molecule has 16 heavy (non-hydrogen) atoms. The van der Waals surface area contributed by atoms with Crippen LogP contribution in [0.15, 0.2) is 0 Å². The van der Waals surface area contributed by atoms with Gasteiger partial charge in [-0.3, -0.25) is 9.69 Å². The molecule has 0 bridgehead atoms. The number of nitrogens with one attached hydrogen (secondary N) is 1. The van der Waals surface area contributed by atoms with Crippen molar-refractivity contribution in [1.29, 1.82) is 0 Å². The van der Waals surface area contributed by atoms with Crippen LogP contribution in [0.4, 0.5) is 0 Å². The Morgan fingerprint density at radius 1 is 1.44 bits per heavy atom. The molecule has 1 fully saturated rings. The van der Waals surface area contributed by atoms with Gasteiger partial charge in [0.25, 0.3) is 0 Å². The molecule has 0 aliphatic heterocycles. The van der Waals surface area contributed by atoms with Gasteiger partial charge in [0, 0.05) is 12.6 Å². The largest absolute Gasteiger partial charge is 0.395 e. The fourth-order valence-corrected chi connectivity index (χ4v) is 2.20. The van der Waals surface area contributed by atoms with Gasteiger partial charge in [-0.2, -0.15) is 0 Å². The molecule has 0 aromatic heterocycles. The van der Waals surface area contributed by atoms with Crippen LogP contribution in [-0.2, 0) is 4.79 Å². The van der Waals surface area contributed by atoms with E-state index in [4.69, 9.17) is 5.11 Å². The molecule has 0 saturated heterocycles. The standard InChI is InChI=1S/C11H22N2O3/c1-13(8-11(16)12-6-7-14)9-4-2-3-5-10(9)15/h9-10,14-15H,2-8H2,1H3,(H,12,16). The monoisotopic (exact) mass is 230 g/mol. The second-order valence-corrected chi connectivity index (χ2v) is 4.41. The molecule has 1 rings (SSSR count). The second-order valence-electron chi connectivity index (χ2n) is 4.41. The zero-order valence-corrected chi connectivity index (χ0v) is 9.85. The van der Waals surface area contributed by atoms with Crippen LogP contribution in [0.2, 0.25) is 0 Å². The molecule has 0 spiro atoms. The lowest BCUT2D eigenvalue weighted by Gasteiger charge is -2.34. The summed E-state index contributed by atoms with van der Waals surface area (Å²) >= 11 is 0. The highest BCUT2D eigenvalue weighted by atomic mass is 16.3. The van der Waals surface area contributed by atoms with Gasteiger partial charge in [-0.1, -0.05) is 12.8 Å². The van der Waals surface area contributed by atoms with Gasteiger partial charge >= 0.3 is 0 Å². The van der Waals surface area contributed by atoms with Crippen molar-refractivity contribution in [2.45, 2.75) is 37.8 Å². The Morgan fingerprint density at radius 2 is 2.12 bits per heavy atom. The van der Waals surface area contributed by atoms with E-state index in [9.17, 15) is 9.90 Å². The zero-order valence-electron chi connectivity index (χ0n) is 9.85. The number of carbonyl (C=O) groups is 1. The van der Waals surface area contributed by atoms with Gasteiger partial charge in [0.1, 0.15) is 0 Å². The first kappa shape index (κ1) is 13.4. The lowest BCUT2D eigenvalue weighted by molar-refractivity contribution is -0.123. The summed E-state index contributed by atoms with van der Waals surface area (Å²) in [5.74, 6) is -0.102. The summed E-state index contributed by atoms with van der Waals surface area (Å²) in [6.45, 7) is 0.531. The van der Waals surface area contributed by atoms with Crippen molar-refractivity contribution >= 4 is 5.91 Å². The average Bonchev–Trinajstić information content (AvgIpc) is 2.26. The van der Waals surface area contributed by atoms with Gasteiger partial charge in [-0.25, -0.2) is 0 Å². The maximum atomic E-state index is 11.4. The first-order chi connectivity index (χ1) is 7.65. The first-order valence-corrected chi connectivity index (χ1v) is 5.91. The molecule has 5 nitrogen and oxygen atoms in total. The molecular formula is C11H22N2O3. The van der Waals surface area contributed by atoms with Crippen molar-refractivity contribution in [3.05, 3.63) is 0 Å². The molecule has 1 amide bonds. The molecule has 0 aromatic carbocycles. The normalized spacial score (nSPS) is 25.8. The van der Waals surface area contributed by atoms with E-state index in [2.05, 4.69) is 5.32 Å². The highest BCUT2D eigenvalue weighted by Gasteiger charge is 2.27. The third-order valence-corrected chi connectivity index (χ3v) is 3.09. The Labute approximate surface area is 96.4 Å². The number of aliphatic hydroxyl groups excluding tert-OH is 2. The van der Waals surface area contributed by atoms with Gasteiger partial charge in [0.15, 0.2) is 0 Å². The van der Waals surface area contributed by atoms with Gasteiger partial charge in [-0.15, -0.1) is 0 Å². The van der Waals surface area contributed by atoms with Crippen molar-refractivity contribution in [2.24, 2.45) is 0 Å². The Balaban J connectivity index is 2.32. The second kappa shape index (κ2) is 6.83. The summed E-state index contributed by atoms with van der Waals surface area (Å²) < 4.78 is 0. The van der Waals surface area contributed by atoms with Crippen molar-refractivity contribution in [1.82, 2.24) is 10.2 Å². The fraction of sp³-hybridized carbons (Fsp3) is 0.909. The smallest absolute Gasteiger partial charge is 0.234 e. The van der Waals surface area contributed by atoms with Crippen LogP contribution in [0.3, 0.4) is 0 Å². The summed E-state index contributed by atoms with van der Waals surface area (Å²) in [5.41, 5.74) is 0.